The van der Waals surface area contributed by atoms with Crippen LogP contribution in [0.25, 0.3) is 0 Å². The van der Waals surface area contributed by atoms with Crippen molar-refractivity contribution in [2.45, 2.75) is 19.5 Å². The number of rotatable bonds is 5. The minimum absolute atomic E-state index is 0.0334. The quantitative estimate of drug-likeness (QED) is 0.733. The Hall–Kier alpha value is -2.43. The van der Waals surface area contributed by atoms with Gasteiger partial charge in [-0.15, -0.1) is 11.3 Å². The van der Waals surface area contributed by atoms with Crippen LogP contribution in [0.5, 0.6) is 0 Å². The molecule has 1 aliphatic rings. The maximum Gasteiger partial charge on any atom is 0.265 e. The number of hydrogen-bond donors (Lipinski definition) is 1. The molecule has 4 heteroatoms. The predicted molar refractivity (Wildman–Crippen MR) is 103 cm³/mol. The predicted octanol–water partition coefficient (Wildman–Crippen LogP) is 4.56. The molecule has 0 fully saturated rings. The van der Waals surface area contributed by atoms with E-state index in [-0.39, 0.29) is 5.91 Å². The number of hydrogen-bond acceptors (Lipinski definition) is 3. The molecule has 4 rings (SSSR count). The summed E-state index contributed by atoms with van der Waals surface area (Å²) in [5.41, 5.74) is 4.93. The molecule has 0 saturated carbocycles. The molecular weight excluding hydrogens is 328 g/mol. The van der Waals surface area contributed by atoms with Crippen LogP contribution in [-0.4, -0.2) is 17.4 Å². The van der Waals surface area contributed by atoms with Crippen LogP contribution in [0.15, 0.2) is 66.0 Å². The van der Waals surface area contributed by atoms with E-state index in [4.69, 9.17) is 0 Å². The molecule has 3 nitrogen and oxygen atoms in total. The second kappa shape index (κ2) is 7.21. The van der Waals surface area contributed by atoms with Crippen LogP contribution in [-0.2, 0) is 19.5 Å². The molecule has 0 radical (unpaired) electrons. The first-order chi connectivity index (χ1) is 12.3. The van der Waals surface area contributed by atoms with Gasteiger partial charge in [0.05, 0.1) is 4.88 Å². The summed E-state index contributed by atoms with van der Waals surface area (Å²) in [7, 11) is 0. The molecule has 1 N–H and O–H groups in total. The molecule has 1 aliphatic heterocycles. The first-order valence-electron chi connectivity index (χ1n) is 8.51. The zero-order valence-electron chi connectivity index (χ0n) is 13.9. The summed E-state index contributed by atoms with van der Waals surface area (Å²) in [5, 5.41) is 4.92. The molecule has 3 aromatic rings. The van der Waals surface area contributed by atoms with E-state index in [0.29, 0.717) is 0 Å². The van der Waals surface area contributed by atoms with Gasteiger partial charge >= 0.3 is 0 Å². The topological polar surface area (TPSA) is 32.3 Å². The van der Waals surface area contributed by atoms with Gasteiger partial charge in [-0.05, 0) is 46.7 Å². The van der Waals surface area contributed by atoms with Crippen molar-refractivity contribution in [2.24, 2.45) is 0 Å². The van der Waals surface area contributed by atoms with Crippen LogP contribution in [0.2, 0.25) is 0 Å². The fraction of sp³-hybridized carbons (Fsp3) is 0.190. The molecule has 0 bridgehead atoms. The van der Waals surface area contributed by atoms with Crippen LogP contribution in [0.1, 0.15) is 26.4 Å². The van der Waals surface area contributed by atoms with Crippen LogP contribution < -0.4 is 5.32 Å². The van der Waals surface area contributed by atoms with E-state index in [2.05, 4.69) is 52.7 Å². The third-order valence-electron chi connectivity index (χ3n) is 4.56. The van der Waals surface area contributed by atoms with E-state index in [1.807, 2.05) is 23.6 Å². The van der Waals surface area contributed by atoms with E-state index in [1.54, 1.807) is 0 Å². The highest BCUT2D eigenvalue weighted by molar-refractivity contribution is 7.12. The van der Waals surface area contributed by atoms with E-state index in [9.17, 15) is 4.79 Å². The van der Waals surface area contributed by atoms with Crippen molar-refractivity contribution in [3.63, 3.8) is 0 Å². The second-order valence-electron chi connectivity index (χ2n) is 6.36. The van der Waals surface area contributed by atoms with Crippen molar-refractivity contribution in [1.82, 2.24) is 4.90 Å². The van der Waals surface area contributed by atoms with Crippen LogP contribution in [0.3, 0.4) is 0 Å². The summed E-state index contributed by atoms with van der Waals surface area (Å²) in [6.45, 7) is 2.99. The van der Waals surface area contributed by atoms with Gasteiger partial charge in [0.1, 0.15) is 0 Å². The molecule has 1 amide bonds. The van der Waals surface area contributed by atoms with Crippen LogP contribution in [0.4, 0.5) is 5.69 Å². The van der Waals surface area contributed by atoms with Gasteiger partial charge < -0.3 is 5.32 Å². The summed E-state index contributed by atoms with van der Waals surface area (Å²) < 4.78 is 0. The Bertz CT molecular complexity index is 859. The van der Waals surface area contributed by atoms with Crippen LogP contribution >= 0.6 is 11.3 Å². The summed E-state index contributed by atoms with van der Waals surface area (Å²) in [6, 6.07) is 20.6. The molecule has 0 atom stereocenters. The molecular formula is C21H20N2OS. The minimum atomic E-state index is -0.0334. The first-order valence-corrected chi connectivity index (χ1v) is 9.39. The second-order valence-corrected chi connectivity index (χ2v) is 7.31. The first kappa shape index (κ1) is 16.1. The van der Waals surface area contributed by atoms with Gasteiger partial charge in [-0.3, -0.25) is 9.69 Å². The lowest BCUT2D eigenvalue weighted by Gasteiger charge is -2.14. The summed E-state index contributed by atoms with van der Waals surface area (Å²) in [6.07, 6.45) is 1.07. The lowest BCUT2D eigenvalue weighted by Crippen LogP contribution is -2.19. The van der Waals surface area contributed by atoms with Gasteiger partial charge in [0.25, 0.3) is 5.91 Å². The number of amides is 1. The van der Waals surface area contributed by atoms with Crippen LogP contribution in [0, 0.1) is 0 Å². The SMILES string of the molecule is O=C(Nc1ccc2c(c1)CN(CCc1ccccc1)C2)c1cccs1. The van der Waals surface area contributed by atoms with Gasteiger partial charge in [0.2, 0.25) is 0 Å². The lowest BCUT2D eigenvalue weighted by atomic mass is 10.1. The molecule has 0 spiro atoms. The van der Waals surface area contributed by atoms with Crippen molar-refractivity contribution in [3.8, 4) is 0 Å². The van der Waals surface area contributed by atoms with E-state index in [1.165, 1.54) is 28.0 Å². The Balaban J connectivity index is 1.38. The number of carbonyl (C=O) groups excluding carboxylic acids is 1. The van der Waals surface area contributed by atoms with Gasteiger partial charge in [0.15, 0.2) is 0 Å². The number of anilines is 1. The van der Waals surface area contributed by atoms with Gasteiger partial charge in [0, 0.05) is 25.3 Å². The number of benzene rings is 2. The molecule has 2 heterocycles. The largest absolute Gasteiger partial charge is 0.321 e. The molecule has 2 aromatic carbocycles. The van der Waals surface area contributed by atoms with Gasteiger partial charge in [-0.1, -0.05) is 42.5 Å². The standard InChI is InChI=1S/C21H20N2OS/c24-21(20-7-4-12-25-20)22-19-9-8-17-14-23(15-18(17)13-19)11-10-16-5-2-1-3-6-16/h1-9,12-13H,10-11,14-15H2,(H,22,24). The number of fused-ring (bicyclic) bond motifs is 1. The fourth-order valence-electron chi connectivity index (χ4n) is 3.23. The zero-order chi connectivity index (χ0) is 17.1. The van der Waals surface area contributed by atoms with E-state index in [0.717, 1.165) is 36.6 Å². The van der Waals surface area contributed by atoms with Crippen molar-refractivity contribution >= 4 is 22.9 Å². The summed E-state index contributed by atoms with van der Waals surface area (Å²) in [4.78, 5) is 15.4. The van der Waals surface area contributed by atoms with E-state index >= 15 is 0 Å². The average Bonchev–Trinajstić information content (AvgIpc) is 3.30. The molecule has 25 heavy (non-hydrogen) atoms. The number of nitrogens with zero attached hydrogens (tertiary/aromatic N) is 1. The van der Waals surface area contributed by atoms with Gasteiger partial charge in [-0.25, -0.2) is 0 Å². The minimum Gasteiger partial charge on any atom is -0.321 e. The molecule has 0 unspecified atom stereocenters. The van der Waals surface area contributed by atoms with Crippen molar-refractivity contribution in [1.29, 1.82) is 0 Å². The highest BCUT2D eigenvalue weighted by atomic mass is 32.1. The monoisotopic (exact) mass is 348 g/mol. The third-order valence-corrected chi connectivity index (χ3v) is 5.43. The Morgan fingerprint density at radius 2 is 1.84 bits per heavy atom. The fourth-order valence-corrected chi connectivity index (χ4v) is 3.85. The molecule has 0 saturated heterocycles. The Kier molecular flexibility index (Phi) is 4.63. The van der Waals surface area contributed by atoms with Crippen molar-refractivity contribution in [3.05, 3.63) is 87.6 Å². The van der Waals surface area contributed by atoms with Crippen molar-refractivity contribution < 1.29 is 4.79 Å². The highest BCUT2D eigenvalue weighted by Crippen LogP contribution is 2.26. The average molecular weight is 348 g/mol. The Morgan fingerprint density at radius 1 is 1.00 bits per heavy atom. The zero-order valence-corrected chi connectivity index (χ0v) is 14.8. The molecule has 1 aromatic heterocycles. The Labute approximate surface area is 151 Å². The van der Waals surface area contributed by atoms with E-state index < -0.39 is 0 Å². The number of nitrogens with one attached hydrogen (secondary N) is 1. The highest BCUT2D eigenvalue weighted by Gasteiger charge is 2.19. The van der Waals surface area contributed by atoms with Crippen molar-refractivity contribution in [2.75, 3.05) is 11.9 Å². The molecule has 0 aliphatic carbocycles. The third kappa shape index (κ3) is 3.81. The number of thiophene rings is 1. The van der Waals surface area contributed by atoms with Gasteiger partial charge in [-0.2, -0.15) is 0 Å². The Morgan fingerprint density at radius 3 is 2.64 bits per heavy atom. The lowest BCUT2D eigenvalue weighted by molar-refractivity contribution is 0.103. The maximum atomic E-state index is 12.2. The normalized spacial score (nSPS) is 13.6. The smallest absolute Gasteiger partial charge is 0.265 e. The maximum absolute atomic E-state index is 12.2. The molecule has 126 valence electrons. The number of carbonyl (C=O) groups is 1. The summed E-state index contributed by atoms with van der Waals surface area (Å²) >= 11 is 1.46. The summed E-state index contributed by atoms with van der Waals surface area (Å²) in [5.74, 6) is -0.0334.